The first-order chi connectivity index (χ1) is 8.81. The summed E-state index contributed by atoms with van der Waals surface area (Å²) >= 11 is 5.82. The predicted molar refractivity (Wildman–Crippen MR) is 64.8 cm³/mol. The van der Waals surface area contributed by atoms with E-state index in [1.165, 1.54) is 6.07 Å². The van der Waals surface area contributed by atoms with Crippen molar-refractivity contribution >= 4 is 11.6 Å². The molecule has 0 amide bonds. The molecule has 0 aliphatic heterocycles. The number of rotatable bonds is 5. The summed E-state index contributed by atoms with van der Waals surface area (Å²) in [6.45, 7) is 3.81. The smallest absolute Gasteiger partial charge is 0.418 e. The van der Waals surface area contributed by atoms with Crippen LogP contribution in [0.3, 0.4) is 0 Å². The lowest BCUT2D eigenvalue weighted by Gasteiger charge is -2.19. The summed E-state index contributed by atoms with van der Waals surface area (Å²) in [5.74, 6) is 0.117. The normalized spacial score (nSPS) is 13.2. The third kappa shape index (κ3) is 3.91. The molecular weight excluding hydrogens is 285 g/mol. The molecule has 1 atom stereocenters. The molecule has 0 radical (unpaired) electrons. The second-order valence-corrected chi connectivity index (χ2v) is 4.04. The van der Waals surface area contributed by atoms with Crippen molar-refractivity contribution in [2.75, 3.05) is 13.2 Å². The molecule has 0 bridgehead atoms. The van der Waals surface area contributed by atoms with Crippen LogP contribution in [0.1, 0.15) is 25.5 Å². The molecular formula is C12H14ClF3O3. The van der Waals surface area contributed by atoms with E-state index in [1.807, 2.05) is 0 Å². The van der Waals surface area contributed by atoms with Gasteiger partial charge in [0.15, 0.2) is 6.10 Å². The number of hydrogen-bond acceptors (Lipinski definition) is 3. The summed E-state index contributed by atoms with van der Waals surface area (Å²) in [6, 6.07) is 2.26. The lowest BCUT2D eigenvalue weighted by molar-refractivity contribution is -0.207. The maximum Gasteiger partial charge on any atom is 0.418 e. The van der Waals surface area contributed by atoms with Crippen LogP contribution in [0.15, 0.2) is 12.1 Å². The molecule has 19 heavy (non-hydrogen) atoms. The van der Waals surface area contributed by atoms with E-state index in [0.717, 1.165) is 6.07 Å². The van der Waals surface area contributed by atoms with E-state index in [0.29, 0.717) is 6.61 Å². The van der Waals surface area contributed by atoms with Crippen molar-refractivity contribution in [1.29, 1.82) is 0 Å². The zero-order chi connectivity index (χ0) is 14.6. The summed E-state index contributed by atoms with van der Waals surface area (Å²) in [4.78, 5) is 0. The first-order valence-electron chi connectivity index (χ1n) is 5.65. The van der Waals surface area contributed by atoms with Crippen molar-refractivity contribution < 1.29 is 27.8 Å². The average Bonchev–Trinajstić information content (AvgIpc) is 2.31. The first kappa shape index (κ1) is 15.9. The second-order valence-electron chi connectivity index (χ2n) is 3.63. The number of ether oxygens (including phenoxy) is 2. The monoisotopic (exact) mass is 298 g/mol. The minimum absolute atomic E-state index is 0.0106. The van der Waals surface area contributed by atoms with Gasteiger partial charge in [0.1, 0.15) is 11.5 Å². The van der Waals surface area contributed by atoms with Gasteiger partial charge < -0.3 is 14.6 Å². The molecule has 1 rings (SSSR count). The van der Waals surface area contributed by atoms with Crippen molar-refractivity contribution in [2.45, 2.75) is 26.1 Å². The van der Waals surface area contributed by atoms with Gasteiger partial charge in [0, 0.05) is 11.6 Å². The van der Waals surface area contributed by atoms with Crippen LogP contribution in [-0.4, -0.2) is 24.5 Å². The third-order valence-electron chi connectivity index (χ3n) is 2.27. The molecule has 7 heteroatoms. The highest BCUT2D eigenvalue weighted by atomic mass is 35.5. The lowest BCUT2D eigenvalue weighted by atomic mass is 10.1. The van der Waals surface area contributed by atoms with E-state index in [9.17, 15) is 18.3 Å². The Bertz CT molecular complexity index is 435. The van der Waals surface area contributed by atoms with Crippen molar-refractivity contribution in [3.8, 4) is 11.5 Å². The van der Waals surface area contributed by atoms with Crippen molar-refractivity contribution in [3.05, 3.63) is 22.7 Å². The third-order valence-corrected chi connectivity index (χ3v) is 2.56. The van der Waals surface area contributed by atoms with Crippen LogP contribution >= 0.6 is 11.6 Å². The van der Waals surface area contributed by atoms with Gasteiger partial charge in [-0.1, -0.05) is 11.6 Å². The van der Waals surface area contributed by atoms with Gasteiger partial charge >= 0.3 is 6.18 Å². The standard InChI is InChI=1S/C12H14ClF3O3/c1-3-18-9-6-10(19-4-2)8(13)5-7(9)11(17)12(14,15)16/h5-6,11,17H,3-4H2,1-2H3. The summed E-state index contributed by atoms with van der Waals surface area (Å²) < 4.78 is 47.9. The fraction of sp³-hybridized carbons (Fsp3) is 0.500. The minimum atomic E-state index is -4.79. The predicted octanol–water partition coefficient (Wildman–Crippen LogP) is 3.73. The highest BCUT2D eigenvalue weighted by Crippen LogP contribution is 2.41. The van der Waals surface area contributed by atoms with E-state index in [1.54, 1.807) is 13.8 Å². The average molecular weight is 299 g/mol. The van der Waals surface area contributed by atoms with E-state index in [2.05, 4.69) is 0 Å². The highest BCUT2D eigenvalue weighted by molar-refractivity contribution is 6.32. The summed E-state index contributed by atoms with van der Waals surface area (Å²) in [7, 11) is 0. The van der Waals surface area contributed by atoms with Crippen LogP contribution in [0.5, 0.6) is 11.5 Å². The van der Waals surface area contributed by atoms with Gasteiger partial charge in [0.05, 0.1) is 18.2 Å². The lowest BCUT2D eigenvalue weighted by Crippen LogP contribution is -2.21. The zero-order valence-electron chi connectivity index (χ0n) is 10.4. The molecule has 108 valence electrons. The molecule has 1 N–H and O–H groups in total. The van der Waals surface area contributed by atoms with Crippen LogP contribution in [0, 0.1) is 0 Å². The molecule has 0 aliphatic rings. The van der Waals surface area contributed by atoms with Gasteiger partial charge in [-0.2, -0.15) is 13.2 Å². The summed E-state index contributed by atoms with van der Waals surface area (Å²) in [5.41, 5.74) is -0.428. The number of halogens is 4. The van der Waals surface area contributed by atoms with Gasteiger partial charge in [-0.3, -0.25) is 0 Å². The van der Waals surface area contributed by atoms with E-state index in [-0.39, 0.29) is 23.1 Å². The number of aliphatic hydroxyl groups is 1. The molecule has 3 nitrogen and oxygen atoms in total. The highest BCUT2D eigenvalue weighted by Gasteiger charge is 2.41. The maximum atomic E-state index is 12.6. The molecule has 0 saturated heterocycles. The Kier molecular flexibility index (Phi) is 5.31. The van der Waals surface area contributed by atoms with Gasteiger partial charge in [-0.15, -0.1) is 0 Å². The zero-order valence-corrected chi connectivity index (χ0v) is 11.2. The van der Waals surface area contributed by atoms with E-state index >= 15 is 0 Å². The topological polar surface area (TPSA) is 38.7 Å². The Balaban J connectivity index is 3.26. The molecule has 1 aromatic rings. The number of hydrogen-bond donors (Lipinski definition) is 1. The van der Waals surface area contributed by atoms with E-state index in [4.69, 9.17) is 21.1 Å². The minimum Gasteiger partial charge on any atom is -0.493 e. The van der Waals surface area contributed by atoms with Crippen molar-refractivity contribution in [2.24, 2.45) is 0 Å². The summed E-state index contributed by atoms with van der Waals surface area (Å²) in [6.07, 6.45) is -7.44. The second kappa shape index (κ2) is 6.34. The van der Waals surface area contributed by atoms with Gasteiger partial charge in [-0.25, -0.2) is 0 Å². The van der Waals surface area contributed by atoms with Crippen molar-refractivity contribution in [1.82, 2.24) is 0 Å². The Labute approximate surface area is 113 Å². The molecule has 0 fully saturated rings. The molecule has 1 unspecified atom stereocenters. The number of benzene rings is 1. The molecule has 0 saturated carbocycles. The van der Waals surface area contributed by atoms with Crippen LogP contribution in [-0.2, 0) is 0 Å². The fourth-order valence-electron chi connectivity index (χ4n) is 1.49. The Morgan fingerprint density at radius 3 is 2.16 bits per heavy atom. The fourth-order valence-corrected chi connectivity index (χ4v) is 1.71. The number of aliphatic hydroxyl groups excluding tert-OH is 1. The van der Waals surface area contributed by atoms with Crippen LogP contribution in [0.2, 0.25) is 5.02 Å². The summed E-state index contributed by atoms with van der Waals surface area (Å²) in [5, 5.41) is 9.29. The molecule has 0 spiro atoms. The van der Waals surface area contributed by atoms with Crippen molar-refractivity contribution in [3.63, 3.8) is 0 Å². The quantitative estimate of drug-likeness (QED) is 0.900. The number of alkyl halides is 3. The molecule has 0 heterocycles. The van der Waals surface area contributed by atoms with Gasteiger partial charge in [0.25, 0.3) is 0 Å². The van der Waals surface area contributed by atoms with Crippen LogP contribution in [0.25, 0.3) is 0 Å². The Morgan fingerprint density at radius 1 is 1.16 bits per heavy atom. The van der Waals surface area contributed by atoms with Crippen LogP contribution < -0.4 is 9.47 Å². The SMILES string of the molecule is CCOc1cc(OCC)c(C(O)C(F)(F)F)cc1Cl. The Morgan fingerprint density at radius 2 is 1.68 bits per heavy atom. The maximum absolute atomic E-state index is 12.6. The molecule has 0 aromatic heterocycles. The van der Waals surface area contributed by atoms with Gasteiger partial charge in [-0.05, 0) is 19.9 Å². The first-order valence-corrected chi connectivity index (χ1v) is 6.02. The van der Waals surface area contributed by atoms with Gasteiger partial charge in [0.2, 0.25) is 0 Å². The molecule has 0 aliphatic carbocycles. The van der Waals surface area contributed by atoms with Crippen LogP contribution in [0.4, 0.5) is 13.2 Å². The van der Waals surface area contributed by atoms with E-state index < -0.39 is 17.8 Å². The largest absolute Gasteiger partial charge is 0.493 e. The Hall–Kier alpha value is -1.14. The molecule has 1 aromatic carbocycles.